The van der Waals surface area contributed by atoms with Crippen LogP contribution in [0.4, 0.5) is 44.3 Å². The van der Waals surface area contributed by atoms with Crippen LogP contribution in [-0.2, 0) is 9.47 Å². The molecule has 0 aromatic rings. The van der Waals surface area contributed by atoms with Crippen LogP contribution in [0, 0.1) is 0 Å². The lowest BCUT2D eigenvalue weighted by Crippen LogP contribution is -2.41. The van der Waals surface area contributed by atoms with E-state index in [1.807, 2.05) is 0 Å². The van der Waals surface area contributed by atoms with Gasteiger partial charge in [-0.1, -0.05) is 0 Å². The van der Waals surface area contributed by atoms with Gasteiger partial charge >= 0.3 is 29.0 Å². The second-order valence-electron chi connectivity index (χ2n) is 3.54. The summed E-state index contributed by atoms with van der Waals surface area (Å²) in [6.45, 7) is -3.81. The molecule has 0 saturated carbocycles. The molecule has 0 aliphatic carbocycles. The highest BCUT2D eigenvalue weighted by atomic mass is 79.9. The highest BCUT2D eigenvalue weighted by Gasteiger charge is 2.58. The number of alkyl halides is 10. The van der Waals surface area contributed by atoms with E-state index in [4.69, 9.17) is 0 Å². The quantitative estimate of drug-likeness (QED) is 0.377. The average molecular weight is 401 g/mol. The molecule has 0 unspecified atom stereocenters. The van der Waals surface area contributed by atoms with Gasteiger partial charge in [0.05, 0.1) is 6.42 Å². The fourth-order valence-electron chi connectivity index (χ4n) is 0.677. The minimum absolute atomic E-state index is 1.37. The van der Waals surface area contributed by atoms with E-state index in [0.717, 1.165) is 0 Å². The number of carbonyl (C=O) groups excluding carboxylic acids is 1. The molecule has 0 bridgehead atoms. The Morgan fingerprint density at radius 1 is 0.857 bits per heavy atom. The smallest absolute Gasteiger partial charge is 0.434 e. The van der Waals surface area contributed by atoms with Crippen LogP contribution in [0.2, 0.25) is 0 Å². The molecule has 0 aromatic heterocycles. The Balaban J connectivity index is 4.20. The van der Waals surface area contributed by atoms with Gasteiger partial charge in [-0.25, -0.2) is 4.79 Å². The molecule has 3 nitrogen and oxygen atoms in total. The Labute approximate surface area is 119 Å². The SMILES string of the molecule is O=C(OCCC(F)(F)C(F)(F)Br)OCC(F)(F)C(F)(F)F. The summed E-state index contributed by atoms with van der Waals surface area (Å²) in [5.41, 5.74) is 0. The van der Waals surface area contributed by atoms with Crippen LogP contribution in [0.3, 0.4) is 0 Å². The number of hydrogen-bond donors (Lipinski definition) is 0. The van der Waals surface area contributed by atoms with Crippen molar-refractivity contribution in [2.45, 2.75) is 29.3 Å². The van der Waals surface area contributed by atoms with E-state index in [2.05, 4.69) is 9.47 Å². The predicted octanol–water partition coefficient (Wildman–Crippen LogP) is 4.35. The molecule has 0 radical (unpaired) electrons. The molecule has 0 heterocycles. The van der Waals surface area contributed by atoms with Crippen LogP contribution in [0.15, 0.2) is 0 Å². The molecule has 0 aliphatic rings. The average Bonchev–Trinajstić information content (AvgIpc) is 2.23. The summed E-state index contributed by atoms with van der Waals surface area (Å²) in [7, 11) is 0. The zero-order valence-corrected chi connectivity index (χ0v) is 11.2. The van der Waals surface area contributed by atoms with Crippen molar-refractivity contribution in [3.05, 3.63) is 0 Å². The van der Waals surface area contributed by atoms with Crippen LogP contribution < -0.4 is 0 Å². The minimum Gasteiger partial charge on any atom is -0.434 e. The molecule has 0 N–H and O–H groups in total. The first-order valence-electron chi connectivity index (χ1n) is 4.79. The van der Waals surface area contributed by atoms with Crippen molar-refractivity contribution in [2.24, 2.45) is 0 Å². The molecule has 0 saturated heterocycles. The Morgan fingerprint density at radius 2 is 1.33 bits per heavy atom. The maximum atomic E-state index is 12.6. The van der Waals surface area contributed by atoms with E-state index in [-0.39, 0.29) is 0 Å². The molecule has 0 atom stereocenters. The summed E-state index contributed by atoms with van der Waals surface area (Å²) in [4.78, 5) is 5.95. The molecule has 0 spiro atoms. The second kappa shape index (κ2) is 6.48. The van der Waals surface area contributed by atoms with Gasteiger partial charge in [-0.15, -0.1) is 0 Å². The van der Waals surface area contributed by atoms with Crippen molar-refractivity contribution < 1.29 is 53.8 Å². The van der Waals surface area contributed by atoms with Gasteiger partial charge in [0.15, 0.2) is 6.61 Å². The van der Waals surface area contributed by atoms with E-state index >= 15 is 0 Å². The fraction of sp³-hybridized carbons (Fsp3) is 0.875. The molecule has 0 aromatic carbocycles. The Kier molecular flexibility index (Phi) is 6.21. The lowest BCUT2D eigenvalue weighted by atomic mass is 10.2. The maximum Gasteiger partial charge on any atom is 0.508 e. The van der Waals surface area contributed by atoms with Crippen LogP contribution in [0.1, 0.15) is 6.42 Å². The van der Waals surface area contributed by atoms with E-state index in [9.17, 15) is 44.3 Å². The van der Waals surface area contributed by atoms with Gasteiger partial charge in [0.1, 0.15) is 6.61 Å². The van der Waals surface area contributed by atoms with E-state index in [1.54, 1.807) is 0 Å². The molecule has 126 valence electrons. The number of halogens is 10. The van der Waals surface area contributed by atoms with Gasteiger partial charge in [-0.05, 0) is 15.9 Å². The fourth-order valence-corrected chi connectivity index (χ4v) is 0.876. The highest BCUT2D eigenvalue weighted by molar-refractivity contribution is 9.10. The summed E-state index contributed by atoms with van der Waals surface area (Å²) >= 11 is 1.37. The summed E-state index contributed by atoms with van der Waals surface area (Å²) in [6, 6.07) is 0. The number of rotatable bonds is 6. The van der Waals surface area contributed by atoms with Gasteiger partial charge in [0.2, 0.25) is 0 Å². The van der Waals surface area contributed by atoms with Crippen LogP contribution in [-0.4, -0.2) is 42.2 Å². The van der Waals surface area contributed by atoms with Crippen LogP contribution in [0.5, 0.6) is 0 Å². The van der Waals surface area contributed by atoms with Crippen molar-refractivity contribution in [3.8, 4) is 0 Å². The monoisotopic (exact) mass is 400 g/mol. The van der Waals surface area contributed by atoms with E-state index < -0.39 is 48.6 Å². The number of ether oxygens (including phenoxy) is 2. The Hall–Kier alpha value is -0.880. The summed E-state index contributed by atoms with van der Waals surface area (Å²) in [5.74, 6) is -10.00. The second-order valence-corrected chi connectivity index (χ2v) is 4.54. The van der Waals surface area contributed by atoms with Gasteiger partial charge in [-0.3, -0.25) is 0 Å². The molecule has 0 amide bonds. The molecular formula is C8H6BrF9O3. The van der Waals surface area contributed by atoms with Crippen molar-refractivity contribution in [1.29, 1.82) is 0 Å². The van der Waals surface area contributed by atoms with Crippen LogP contribution >= 0.6 is 15.9 Å². The summed E-state index contributed by atoms with van der Waals surface area (Å²) in [6.07, 6.45) is -9.83. The van der Waals surface area contributed by atoms with Crippen LogP contribution in [0.25, 0.3) is 0 Å². The van der Waals surface area contributed by atoms with E-state index in [1.165, 1.54) is 15.9 Å². The maximum absolute atomic E-state index is 12.6. The Bertz CT molecular complexity index is 363. The first-order valence-corrected chi connectivity index (χ1v) is 5.58. The van der Waals surface area contributed by atoms with Gasteiger partial charge in [0.25, 0.3) is 0 Å². The van der Waals surface area contributed by atoms with E-state index in [0.29, 0.717) is 0 Å². The first-order chi connectivity index (χ1) is 9.10. The van der Waals surface area contributed by atoms with Crippen molar-refractivity contribution in [2.75, 3.05) is 13.2 Å². The van der Waals surface area contributed by atoms with Gasteiger partial charge < -0.3 is 9.47 Å². The van der Waals surface area contributed by atoms with Crippen molar-refractivity contribution >= 4 is 22.1 Å². The molecule has 13 heteroatoms. The molecule has 21 heavy (non-hydrogen) atoms. The topological polar surface area (TPSA) is 35.5 Å². The van der Waals surface area contributed by atoms with Gasteiger partial charge in [-0.2, -0.15) is 39.5 Å². The molecule has 0 aliphatic heterocycles. The summed E-state index contributed by atoms with van der Waals surface area (Å²) < 4.78 is 116. The third-order valence-corrected chi connectivity index (χ3v) is 2.42. The first kappa shape index (κ1) is 20.1. The zero-order chi connectivity index (χ0) is 17.1. The normalized spacial score (nSPS) is 14.0. The highest BCUT2D eigenvalue weighted by Crippen LogP contribution is 2.41. The van der Waals surface area contributed by atoms with Crippen molar-refractivity contribution in [3.63, 3.8) is 0 Å². The summed E-state index contributed by atoms with van der Waals surface area (Å²) in [5, 5.41) is 0. The van der Waals surface area contributed by atoms with Gasteiger partial charge in [0, 0.05) is 0 Å². The number of hydrogen-bond acceptors (Lipinski definition) is 3. The predicted molar refractivity (Wildman–Crippen MR) is 51.7 cm³/mol. The zero-order valence-electron chi connectivity index (χ0n) is 9.63. The largest absolute Gasteiger partial charge is 0.508 e. The third kappa shape index (κ3) is 6.18. The molecule has 0 fully saturated rings. The standard InChI is InChI=1S/C8H6BrF9O3/c9-7(14,15)5(10,11)1-2-20-4(19)21-3-6(12,13)8(16,17)18/h1-3H2. The molecular weight excluding hydrogens is 395 g/mol. The van der Waals surface area contributed by atoms with Crippen molar-refractivity contribution in [1.82, 2.24) is 0 Å². The minimum atomic E-state index is -5.99. The lowest BCUT2D eigenvalue weighted by molar-refractivity contribution is -0.293. The molecule has 0 rings (SSSR count). The third-order valence-electron chi connectivity index (χ3n) is 1.84. The Morgan fingerprint density at radius 3 is 1.71 bits per heavy atom. The lowest BCUT2D eigenvalue weighted by Gasteiger charge is -2.21. The number of carbonyl (C=O) groups is 1.